The van der Waals surface area contributed by atoms with Gasteiger partial charge >= 0.3 is 11.9 Å². The van der Waals surface area contributed by atoms with Crippen LogP contribution in [0, 0.1) is 28.6 Å². The van der Waals surface area contributed by atoms with Gasteiger partial charge < -0.3 is 19.9 Å². The molecule has 0 radical (unpaired) electrons. The van der Waals surface area contributed by atoms with E-state index in [2.05, 4.69) is 6.58 Å². The molecule has 4 atom stereocenters. The highest BCUT2D eigenvalue weighted by Crippen LogP contribution is 2.63. The first kappa shape index (κ1) is 18.8. The van der Waals surface area contributed by atoms with Crippen molar-refractivity contribution in [2.45, 2.75) is 46.8 Å². The van der Waals surface area contributed by atoms with E-state index in [0.717, 1.165) is 0 Å². The summed E-state index contributed by atoms with van der Waals surface area (Å²) in [4.78, 5) is 24.8. The first-order valence-corrected chi connectivity index (χ1v) is 8.32. The summed E-state index contributed by atoms with van der Waals surface area (Å²) in [5.74, 6) is -2.63. The van der Waals surface area contributed by atoms with Crippen molar-refractivity contribution in [3.8, 4) is 0 Å². The van der Waals surface area contributed by atoms with Crippen LogP contribution >= 0.6 is 0 Å². The van der Waals surface area contributed by atoms with E-state index in [4.69, 9.17) is 19.9 Å². The van der Waals surface area contributed by atoms with Crippen LogP contribution in [0.5, 0.6) is 0 Å². The number of ether oxygens (including phenoxy) is 3. The summed E-state index contributed by atoms with van der Waals surface area (Å²) in [6.45, 7) is 13.9. The molecule has 6 heteroatoms. The minimum atomic E-state index is -1.28. The molecular weight excluding hydrogens is 310 g/mol. The molecule has 2 fully saturated rings. The van der Waals surface area contributed by atoms with E-state index in [9.17, 15) is 9.59 Å². The van der Waals surface area contributed by atoms with E-state index in [1.807, 2.05) is 34.6 Å². The molecule has 1 aliphatic carbocycles. The Morgan fingerprint density at radius 1 is 1.38 bits per heavy atom. The lowest BCUT2D eigenvalue weighted by Crippen LogP contribution is -2.66. The van der Waals surface area contributed by atoms with Crippen LogP contribution in [0.2, 0.25) is 0 Å². The van der Waals surface area contributed by atoms with Gasteiger partial charge in [0, 0.05) is 24.9 Å². The van der Waals surface area contributed by atoms with Gasteiger partial charge in [0.1, 0.15) is 5.70 Å². The maximum Gasteiger partial charge on any atom is 0.356 e. The second-order valence-electron chi connectivity index (χ2n) is 8.19. The number of hydrogen-bond donors (Lipinski definition) is 1. The van der Waals surface area contributed by atoms with Gasteiger partial charge in [-0.05, 0) is 11.3 Å². The zero-order valence-corrected chi connectivity index (χ0v) is 15.5. The number of carbonyl (C=O) groups is 2. The third-order valence-corrected chi connectivity index (χ3v) is 6.27. The number of fused-ring (bicyclic) bond motifs is 1. The predicted molar refractivity (Wildman–Crippen MR) is 88.4 cm³/mol. The van der Waals surface area contributed by atoms with Crippen molar-refractivity contribution in [2.75, 3.05) is 13.7 Å². The molecule has 4 unspecified atom stereocenters. The van der Waals surface area contributed by atoms with Gasteiger partial charge in [0.05, 0.1) is 12.5 Å². The summed E-state index contributed by atoms with van der Waals surface area (Å²) in [5.41, 5.74) is 4.27. The number of carbonyl (C=O) groups excluding carboxylic acids is 2. The van der Waals surface area contributed by atoms with Crippen LogP contribution in [0.1, 0.15) is 41.0 Å². The molecule has 0 amide bonds. The third kappa shape index (κ3) is 2.42. The van der Waals surface area contributed by atoms with Crippen molar-refractivity contribution in [3.05, 3.63) is 12.3 Å². The van der Waals surface area contributed by atoms with Crippen molar-refractivity contribution in [2.24, 2.45) is 34.3 Å². The van der Waals surface area contributed by atoms with E-state index in [1.54, 1.807) is 0 Å². The molecule has 1 saturated carbocycles. The lowest BCUT2D eigenvalue weighted by molar-refractivity contribution is -0.325. The summed E-state index contributed by atoms with van der Waals surface area (Å²) in [6, 6.07) is 0. The molecule has 1 saturated heterocycles. The molecule has 24 heavy (non-hydrogen) atoms. The van der Waals surface area contributed by atoms with Gasteiger partial charge in [0.25, 0.3) is 0 Å². The second-order valence-corrected chi connectivity index (χ2v) is 8.19. The average Bonchev–Trinajstić information content (AvgIpc) is 2.87. The van der Waals surface area contributed by atoms with Gasteiger partial charge in [-0.3, -0.25) is 4.79 Å². The average molecular weight is 339 g/mol. The fraction of sp³-hybridized carbons (Fsp3) is 0.778. The van der Waals surface area contributed by atoms with Gasteiger partial charge in [0.15, 0.2) is 0 Å². The van der Waals surface area contributed by atoms with Gasteiger partial charge in [-0.25, -0.2) is 4.79 Å². The van der Waals surface area contributed by atoms with Crippen LogP contribution in [0.15, 0.2) is 12.3 Å². The summed E-state index contributed by atoms with van der Waals surface area (Å²) in [5, 5.41) is 0. The SMILES string of the molecule is C=C(N)C(=O)OC1(OC)CC(C)(C)C2COC(=O)C2C1(C)C(C)C. The van der Waals surface area contributed by atoms with Crippen LogP contribution < -0.4 is 5.73 Å². The summed E-state index contributed by atoms with van der Waals surface area (Å²) in [7, 11) is 1.50. The summed E-state index contributed by atoms with van der Waals surface area (Å²) >= 11 is 0. The molecule has 0 bridgehead atoms. The van der Waals surface area contributed by atoms with Gasteiger partial charge in [-0.1, -0.05) is 41.2 Å². The van der Waals surface area contributed by atoms with Crippen molar-refractivity contribution >= 4 is 11.9 Å². The van der Waals surface area contributed by atoms with Crippen molar-refractivity contribution in [1.29, 1.82) is 0 Å². The Labute approximate surface area is 143 Å². The van der Waals surface area contributed by atoms with Gasteiger partial charge in [-0.2, -0.15) is 0 Å². The quantitative estimate of drug-likeness (QED) is 0.480. The number of cyclic esters (lactones) is 1. The highest BCUT2D eigenvalue weighted by molar-refractivity contribution is 5.87. The molecule has 6 nitrogen and oxygen atoms in total. The van der Waals surface area contributed by atoms with Crippen LogP contribution in [0.3, 0.4) is 0 Å². The molecule has 136 valence electrons. The first-order valence-electron chi connectivity index (χ1n) is 8.32. The normalized spacial score (nSPS) is 37.7. The number of hydrogen-bond acceptors (Lipinski definition) is 6. The minimum Gasteiger partial charge on any atom is -0.465 e. The van der Waals surface area contributed by atoms with Crippen LogP contribution in [-0.4, -0.2) is 31.4 Å². The fourth-order valence-electron chi connectivity index (χ4n) is 4.51. The second kappa shape index (κ2) is 5.76. The van der Waals surface area contributed by atoms with E-state index in [1.165, 1.54) is 7.11 Å². The molecule has 1 heterocycles. The van der Waals surface area contributed by atoms with Gasteiger partial charge in [0.2, 0.25) is 5.79 Å². The monoisotopic (exact) mass is 339 g/mol. The Balaban J connectivity index is 2.63. The Kier molecular flexibility index (Phi) is 4.50. The van der Waals surface area contributed by atoms with E-state index < -0.39 is 23.1 Å². The Bertz CT molecular complexity index is 570. The molecular formula is C18H29NO5. The maximum atomic E-state index is 12.6. The summed E-state index contributed by atoms with van der Waals surface area (Å²) in [6.07, 6.45) is 0.446. The largest absolute Gasteiger partial charge is 0.465 e. The van der Waals surface area contributed by atoms with Crippen LogP contribution in [0.4, 0.5) is 0 Å². The predicted octanol–water partition coefficient (Wildman–Crippen LogP) is 2.23. The molecule has 2 N–H and O–H groups in total. The number of esters is 2. The zero-order valence-electron chi connectivity index (χ0n) is 15.5. The third-order valence-electron chi connectivity index (χ3n) is 6.27. The zero-order chi connectivity index (χ0) is 18.5. The molecule has 0 aromatic heterocycles. The number of nitrogens with two attached hydrogens (primary N) is 1. The van der Waals surface area contributed by atoms with Crippen LogP contribution in [0.25, 0.3) is 0 Å². The van der Waals surface area contributed by atoms with Crippen molar-refractivity contribution in [1.82, 2.24) is 0 Å². The lowest BCUT2D eigenvalue weighted by Gasteiger charge is -2.59. The molecule has 0 aromatic carbocycles. The number of methoxy groups -OCH3 is 1. The standard InChI is InChI=1S/C18H29NO5/c1-10(2)17(6)13-12(8-23-15(13)21)16(4,5)9-18(17,22-7)24-14(20)11(3)19/h10,12-13H,3,8-9,19H2,1-2,4-7H3. The van der Waals surface area contributed by atoms with E-state index in [-0.39, 0.29) is 28.9 Å². The Hall–Kier alpha value is -1.56. The smallest absolute Gasteiger partial charge is 0.356 e. The molecule has 0 spiro atoms. The molecule has 2 aliphatic rings. The topological polar surface area (TPSA) is 87.9 Å². The van der Waals surface area contributed by atoms with E-state index in [0.29, 0.717) is 13.0 Å². The van der Waals surface area contributed by atoms with Crippen molar-refractivity contribution in [3.63, 3.8) is 0 Å². The highest BCUT2D eigenvalue weighted by atomic mass is 16.7. The van der Waals surface area contributed by atoms with Crippen LogP contribution in [-0.2, 0) is 23.8 Å². The summed E-state index contributed by atoms with van der Waals surface area (Å²) < 4.78 is 17.0. The number of rotatable bonds is 4. The molecule has 2 rings (SSSR count). The van der Waals surface area contributed by atoms with Crippen molar-refractivity contribution < 1.29 is 23.8 Å². The maximum absolute atomic E-state index is 12.6. The Morgan fingerprint density at radius 2 is 1.96 bits per heavy atom. The first-order chi connectivity index (χ1) is 10.9. The Morgan fingerprint density at radius 3 is 2.42 bits per heavy atom. The molecule has 0 aromatic rings. The highest BCUT2D eigenvalue weighted by Gasteiger charge is 2.70. The minimum absolute atomic E-state index is 0.00513. The lowest BCUT2D eigenvalue weighted by atomic mass is 9.49. The molecule has 1 aliphatic heterocycles. The van der Waals surface area contributed by atoms with E-state index >= 15 is 0 Å². The fourth-order valence-corrected chi connectivity index (χ4v) is 4.51. The van der Waals surface area contributed by atoms with Gasteiger partial charge in [-0.15, -0.1) is 0 Å².